The summed E-state index contributed by atoms with van der Waals surface area (Å²) < 4.78 is 0. The van der Waals surface area contributed by atoms with Gasteiger partial charge in [-0.2, -0.15) is 0 Å². The van der Waals surface area contributed by atoms with Crippen molar-refractivity contribution in [2.45, 2.75) is 27.7 Å². The minimum Gasteiger partial charge on any atom is -0.405 e. The van der Waals surface area contributed by atoms with E-state index >= 15 is 0 Å². The van der Waals surface area contributed by atoms with E-state index in [2.05, 4.69) is 33.8 Å². The summed E-state index contributed by atoms with van der Waals surface area (Å²) in [6.07, 6.45) is 7.56. The third kappa shape index (κ3) is 4.65. The van der Waals surface area contributed by atoms with Gasteiger partial charge in [-0.05, 0) is 23.6 Å². The van der Waals surface area contributed by atoms with E-state index in [1.54, 1.807) is 6.20 Å². The molecule has 2 N–H and O–H groups in total. The van der Waals surface area contributed by atoms with Crippen molar-refractivity contribution in [2.24, 2.45) is 17.1 Å². The SMILES string of the molecule is CC(/C=C\C=C/N)C(C)(C)C. The topological polar surface area (TPSA) is 26.0 Å². The van der Waals surface area contributed by atoms with Gasteiger partial charge in [0.05, 0.1) is 0 Å². The molecule has 0 saturated heterocycles. The van der Waals surface area contributed by atoms with Crippen molar-refractivity contribution in [1.29, 1.82) is 0 Å². The predicted octanol–water partition coefficient (Wildman–Crippen LogP) is 2.70. The minimum atomic E-state index is 0.346. The van der Waals surface area contributed by atoms with Gasteiger partial charge in [0.25, 0.3) is 0 Å². The van der Waals surface area contributed by atoms with Crippen molar-refractivity contribution in [3.05, 3.63) is 24.4 Å². The number of hydrogen-bond acceptors (Lipinski definition) is 1. The molecule has 0 amide bonds. The van der Waals surface area contributed by atoms with Crippen LogP contribution in [0.2, 0.25) is 0 Å². The van der Waals surface area contributed by atoms with E-state index in [4.69, 9.17) is 5.73 Å². The number of nitrogens with two attached hydrogens (primary N) is 1. The molecule has 0 rings (SSSR count). The van der Waals surface area contributed by atoms with Crippen LogP contribution in [-0.4, -0.2) is 0 Å². The fraction of sp³-hybridized carbons (Fsp3) is 0.600. The van der Waals surface area contributed by atoms with Crippen LogP contribution < -0.4 is 5.73 Å². The van der Waals surface area contributed by atoms with Gasteiger partial charge >= 0.3 is 0 Å². The van der Waals surface area contributed by atoms with Gasteiger partial charge in [-0.1, -0.05) is 39.8 Å². The summed E-state index contributed by atoms with van der Waals surface area (Å²) in [5, 5.41) is 0. The summed E-state index contributed by atoms with van der Waals surface area (Å²) in [5.41, 5.74) is 5.54. The maximum absolute atomic E-state index is 5.19. The Morgan fingerprint density at radius 3 is 2.09 bits per heavy atom. The van der Waals surface area contributed by atoms with E-state index in [0.717, 1.165) is 0 Å². The Hall–Kier alpha value is -0.720. The second kappa shape index (κ2) is 4.22. The van der Waals surface area contributed by atoms with Crippen LogP contribution in [0.4, 0.5) is 0 Å². The van der Waals surface area contributed by atoms with Crippen molar-refractivity contribution >= 4 is 0 Å². The van der Waals surface area contributed by atoms with E-state index in [9.17, 15) is 0 Å². The van der Waals surface area contributed by atoms with Crippen LogP contribution >= 0.6 is 0 Å². The van der Waals surface area contributed by atoms with E-state index in [1.165, 1.54) is 0 Å². The van der Waals surface area contributed by atoms with Crippen LogP contribution in [0.3, 0.4) is 0 Å². The van der Waals surface area contributed by atoms with Gasteiger partial charge in [0.1, 0.15) is 0 Å². The van der Waals surface area contributed by atoms with Crippen molar-refractivity contribution in [2.75, 3.05) is 0 Å². The molecule has 1 unspecified atom stereocenters. The molecule has 0 bridgehead atoms. The van der Waals surface area contributed by atoms with Crippen molar-refractivity contribution in [3.8, 4) is 0 Å². The lowest BCUT2D eigenvalue weighted by Gasteiger charge is -2.23. The highest BCUT2D eigenvalue weighted by Crippen LogP contribution is 2.25. The van der Waals surface area contributed by atoms with Gasteiger partial charge < -0.3 is 5.73 Å². The molecule has 11 heavy (non-hydrogen) atoms. The summed E-state index contributed by atoms with van der Waals surface area (Å²) in [7, 11) is 0. The molecule has 1 atom stereocenters. The molecule has 0 aromatic rings. The zero-order valence-corrected chi connectivity index (χ0v) is 7.96. The molecule has 0 radical (unpaired) electrons. The highest BCUT2D eigenvalue weighted by molar-refractivity contribution is 5.03. The van der Waals surface area contributed by atoms with Crippen molar-refractivity contribution < 1.29 is 0 Å². The molecular formula is C10H19N. The zero-order valence-electron chi connectivity index (χ0n) is 7.96. The molecule has 0 heterocycles. The summed E-state index contributed by atoms with van der Waals surface area (Å²) in [4.78, 5) is 0. The Balaban J connectivity index is 3.96. The fourth-order valence-electron chi connectivity index (χ4n) is 0.584. The molecule has 0 spiro atoms. The Kier molecular flexibility index (Phi) is 3.94. The van der Waals surface area contributed by atoms with Gasteiger partial charge in [0, 0.05) is 0 Å². The third-order valence-electron chi connectivity index (χ3n) is 1.99. The maximum Gasteiger partial charge on any atom is -0.00625 e. The van der Waals surface area contributed by atoms with Crippen LogP contribution in [0.25, 0.3) is 0 Å². The summed E-state index contributed by atoms with van der Waals surface area (Å²) in [5.74, 6) is 0.582. The fourth-order valence-corrected chi connectivity index (χ4v) is 0.584. The molecule has 0 aliphatic carbocycles. The normalized spacial score (nSPS) is 16.4. The van der Waals surface area contributed by atoms with E-state index in [-0.39, 0.29) is 0 Å². The number of hydrogen-bond donors (Lipinski definition) is 1. The monoisotopic (exact) mass is 153 g/mol. The largest absolute Gasteiger partial charge is 0.405 e. The molecule has 0 aromatic carbocycles. The Morgan fingerprint density at radius 1 is 1.18 bits per heavy atom. The third-order valence-corrected chi connectivity index (χ3v) is 1.99. The molecule has 0 saturated carbocycles. The van der Waals surface area contributed by atoms with Crippen LogP contribution in [-0.2, 0) is 0 Å². The molecule has 1 heteroatoms. The quantitative estimate of drug-likeness (QED) is 0.606. The summed E-state index contributed by atoms with van der Waals surface area (Å²) in [6, 6.07) is 0. The van der Waals surface area contributed by atoms with Crippen LogP contribution in [0.5, 0.6) is 0 Å². The molecule has 1 nitrogen and oxygen atoms in total. The van der Waals surface area contributed by atoms with Gasteiger partial charge in [-0.3, -0.25) is 0 Å². The number of rotatable bonds is 2. The lowest BCUT2D eigenvalue weighted by atomic mass is 9.82. The molecular weight excluding hydrogens is 134 g/mol. The van der Waals surface area contributed by atoms with E-state index in [1.807, 2.05) is 12.2 Å². The smallest absolute Gasteiger partial charge is 0.00625 e. The van der Waals surface area contributed by atoms with Gasteiger partial charge in [0.2, 0.25) is 0 Å². The highest BCUT2D eigenvalue weighted by atomic mass is 14.5. The molecule has 0 aromatic heterocycles. The first-order chi connectivity index (χ1) is 4.98. The van der Waals surface area contributed by atoms with Gasteiger partial charge in [0.15, 0.2) is 0 Å². The molecule has 0 fully saturated rings. The number of allylic oxidation sites excluding steroid dienone is 3. The second-order valence-corrected chi connectivity index (χ2v) is 3.92. The Bertz CT molecular complexity index is 149. The van der Waals surface area contributed by atoms with Crippen molar-refractivity contribution in [3.63, 3.8) is 0 Å². The highest BCUT2D eigenvalue weighted by Gasteiger charge is 2.16. The average molecular weight is 153 g/mol. The Labute approximate surface area is 70.0 Å². The van der Waals surface area contributed by atoms with Gasteiger partial charge in [-0.25, -0.2) is 0 Å². The first kappa shape index (κ1) is 10.3. The standard InChI is InChI=1S/C10H19N/c1-9(10(2,3)4)7-5-6-8-11/h5-9H,11H2,1-4H3/b7-5-,8-6-. The van der Waals surface area contributed by atoms with Crippen LogP contribution in [0, 0.1) is 11.3 Å². The van der Waals surface area contributed by atoms with E-state index in [0.29, 0.717) is 11.3 Å². The molecule has 0 aliphatic heterocycles. The lowest BCUT2D eigenvalue weighted by Crippen LogP contribution is -2.14. The lowest BCUT2D eigenvalue weighted by molar-refractivity contribution is 0.314. The summed E-state index contributed by atoms with van der Waals surface area (Å²) in [6.45, 7) is 8.90. The second-order valence-electron chi connectivity index (χ2n) is 3.92. The Morgan fingerprint density at radius 2 is 1.73 bits per heavy atom. The predicted molar refractivity (Wildman–Crippen MR) is 51.1 cm³/mol. The average Bonchev–Trinajstić information content (AvgIpc) is 1.86. The van der Waals surface area contributed by atoms with Gasteiger partial charge in [-0.15, -0.1) is 0 Å². The summed E-state index contributed by atoms with van der Waals surface area (Å²) >= 11 is 0. The first-order valence-electron chi connectivity index (χ1n) is 4.03. The molecule has 0 aliphatic rings. The first-order valence-corrected chi connectivity index (χ1v) is 4.03. The van der Waals surface area contributed by atoms with E-state index < -0.39 is 0 Å². The van der Waals surface area contributed by atoms with Crippen LogP contribution in [0.15, 0.2) is 24.4 Å². The van der Waals surface area contributed by atoms with Crippen LogP contribution in [0.1, 0.15) is 27.7 Å². The zero-order chi connectivity index (χ0) is 8.91. The maximum atomic E-state index is 5.19. The molecule has 64 valence electrons. The van der Waals surface area contributed by atoms with Crippen molar-refractivity contribution in [1.82, 2.24) is 0 Å². The minimum absolute atomic E-state index is 0.346.